The van der Waals surface area contributed by atoms with Gasteiger partial charge in [-0.3, -0.25) is 4.79 Å². The molecule has 7 nitrogen and oxygen atoms in total. The summed E-state index contributed by atoms with van der Waals surface area (Å²) in [4.78, 5) is 11.2. The first-order chi connectivity index (χ1) is 11.3. The summed E-state index contributed by atoms with van der Waals surface area (Å²) in [6.45, 7) is 2.35. The van der Waals surface area contributed by atoms with Gasteiger partial charge >= 0.3 is 0 Å². The molecule has 1 saturated heterocycles. The highest BCUT2D eigenvalue weighted by molar-refractivity contribution is 7.89. The lowest BCUT2D eigenvalue weighted by molar-refractivity contribution is 0.0577. The lowest BCUT2D eigenvalue weighted by Crippen LogP contribution is -2.47. The van der Waals surface area contributed by atoms with Gasteiger partial charge in [0, 0.05) is 29.7 Å². The number of methoxy groups -OCH3 is 1. The standard InChI is InChI=1S/C15H22ClN3O4S.ClH/c1-23-10-15(2-4-18-5-3-15)9-19-24(21,22)13-7-11(14(17)20)6-12(16)8-13;/h6-8,18-19H,2-5,9-10H2,1H3,(H2,17,20);1H. The summed E-state index contributed by atoms with van der Waals surface area (Å²) < 4.78 is 33.0. The van der Waals surface area contributed by atoms with E-state index in [1.165, 1.54) is 18.2 Å². The number of sulfonamides is 1. The maximum Gasteiger partial charge on any atom is 0.248 e. The predicted octanol–water partition coefficient (Wildman–Crippen LogP) is 1.16. The molecule has 0 aliphatic carbocycles. The highest BCUT2D eigenvalue weighted by Gasteiger charge is 2.33. The van der Waals surface area contributed by atoms with E-state index in [1.807, 2.05) is 0 Å². The monoisotopic (exact) mass is 411 g/mol. The van der Waals surface area contributed by atoms with E-state index in [4.69, 9.17) is 22.1 Å². The van der Waals surface area contributed by atoms with E-state index in [-0.39, 0.29) is 39.8 Å². The fourth-order valence-corrected chi connectivity index (χ4v) is 4.35. The zero-order chi connectivity index (χ0) is 17.8. The van der Waals surface area contributed by atoms with Crippen LogP contribution in [-0.2, 0) is 14.8 Å². The third-order valence-electron chi connectivity index (χ3n) is 4.22. The van der Waals surface area contributed by atoms with Crippen LogP contribution in [0.2, 0.25) is 5.02 Å². The second-order valence-corrected chi connectivity index (χ2v) is 8.25. The molecule has 1 fully saturated rings. The third kappa shape index (κ3) is 5.80. The Bertz CT molecular complexity index is 701. The number of benzene rings is 1. The number of halogens is 2. The summed E-state index contributed by atoms with van der Waals surface area (Å²) >= 11 is 5.90. The Hall–Kier alpha value is -0.900. The molecule has 4 N–H and O–H groups in total. The average molecular weight is 412 g/mol. The highest BCUT2D eigenvalue weighted by Crippen LogP contribution is 2.29. The van der Waals surface area contributed by atoms with Crippen molar-refractivity contribution in [1.29, 1.82) is 0 Å². The van der Waals surface area contributed by atoms with Crippen molar-refractivity contribution >= 4 is 39.9 Å². The first-order valence-corrected chi connectivity index (χ1v) is 9.44. The first kappa shape index (κ1) is 22.1. The van der Waals surface area contributed by atoms with Crippen molar-refractivity contribution in [1.82, 2.24) is 10.0 Å². The van der Waals surface area contributed by atoms with Gasteiger partial charge in [0.2, 0.25) is 15.9 Å². The number of carbonyl (C=O) groups excluding carboxylic acids is 1. The van der Waals surface area contributed by atoms with Gasteiger partial charge in [-0.1, -0.05) is 11.6 Å². The average Bonchev–Trinajstić information content (AvgIpc) is 2.54. The number of ether oxygens (including phenoxy) is 1. The van der Waals surface area contributed by atoms with Crippen LogP contribution in [0.4, 0.5) is 0 Å². The maximum atomic E-state index is 12.6. The van der Waals surface area contributed by atoms with Crippen LogP contribution in [-0.4, -0.2) is 47.7 Å². The fraction of sp³-hybridized carbons (Fsp3) is 0.533. The number of nitrogens with one attached hydrogen (secondary N) is 2. The quantitative estimate of drug-likeness (QED) is 0.623. The Morgan fingerprint density at radius 2 is 2.00 bits per heavy atom. The summed E-state index contributed by atoms with van der Waals surface area (Å²) in [5, 5.41) is 3.39. The van der Waals surface area contributed by atoms with Gasteiger partial charge in [-0.25, -0.2) is 13.1 Å². The van der Waals surface area contributed by atoms with Gasteiger partial charge in [0.05, 0.1) is 11.5 Å². The van der Waals surface area contributed by atoms with Crippen LogP contribution in [0, 0.1) is 5.41 Å². The number of piperidine rings is 1. The molecule has 1 aromatic carbocycles. The Kier molecular flexibility index (Phi) is 8.11. The number of hydrogen-bond acceptors (Lipinski definition) is 5. The van der Waals surface area contributed by atoms with Gasteiger partial charge in [-0.05, 0) is 44.1 Å². The molecule has 0 unspecified atom stereocenters. The van der Waals surface area contributed by atoms with Crippen LogP contribution >= 0.6 is 24.0 Å². The highest BCUT2D eigenvalue weighted by atomic mass is 35.5. The van der Waals surface area contributed by atoms with E-state index in [0.717, 1.165) is 25.9 Å². The SMILES string of the molecule is COCC1(CNS(=O)(=O)c2cc(Cl)cc(C(N)=O)c2)CCNCC1.Cl. The summed E-state index contributed by atoms with van der Waals surface area (Å²) in [7, 11) is -2.21. The maximum absolute atomic E-state index is 12.6. The fourth-order valence-electron chi connectivity index (χ4n) is 2.83. The summed E-state index contributed by atoms with van der Waals surface area (Å²) in [6.07, 6.45) is 1.62. The van der Waals surface area contributed by atoms with Crippen molar-refractivity contribution in [3.05, 3.63) is 28.8 Å². The van der Waals surface area contributed by atoms with E-state index in [1.54, 1.807) is 7.11 Å². The molecule has 1 aliphatic rings. The van der Waals surface area contributed by atoms with Gasteiger partial charge < -0.3 is 15.8 Å². The Morgan fingerprint density at radius 3 is 2.56 bits per heavy atom. The van der Waals surface area contributed by atoms with Crippen molar-refractivity contribution in [3.63, 3.8) is 0 Å². The molecule has 0 spiro atoms. The molecule has 2 rings (SSSR count). The van der Waals surface area contributed by atoms with Crippen LogP contribution in [0.3, 0.4) is 0 Å². The molecule has 0 bridgehead atoms. The van der Waals surface area contributed by atoms with Gasteiger partial charge in [-0.15, -0.1) is 12.4 Å². The number of rotatable bonds is 7. The first-order valence-electron chi connectivity index (χ1n) is 7.58. The van der Waals surface area contributed by atoms with Crippen LogP contribution in [0.25, 0.3) is 0 Å². The molecular formula is C15H23Cl2N3O4S. The molecule has 0 radical (unpaired) electrons. The normalized spacial score (nSPS) is 16.9. The molecule has 0 saturated carbocycles. The lowest BCUT2D eigenvalue weighted by Gasteiger charge is -2.37. The molecule has 142 valence electrons. The summed E-state index contributed by atoms with van der Waals surface area (Å²) in [6, 6.07) is 3.85. The van der Waals surface area contributed by atoms with E-state index in [0.29, 0.717) is 6.61 Å². The predicted molar refractivity (Wildman–Crippen MR) is 98.8 cm³/mol. The number of nitrogens with two attached hydrogens (primary N) is 1. The smallest absolute Gasteiger partial charge is 0.248 e. The Balaban J connectivity index is 0.00000312. The molecule has 0 atom stereocenters. The van der Waals surface area contributed by atoms with Crippen LogP contribution in [0.15, 0.2) is 23.1 Å². The molecule has 0 aromatic heterocycles. The summed E-state index contributed by atoms with van der Waals surface area (Å²) in [5.74, 6) is -0.733. The van der Waals surface area contributed by atoms with Crippen molar-refractivity contribution in [2.45, 2.75) is 17.7 Å². The molecule has 25 heavy (non-hydrogen) atoms. The molecular weight excluding hydrogens is 389 g/mol. The van der Waals surface area contributed by atoms with Crippen LogP contribution in [0.5, 0.6) is 0 Å². The van der Waals surface area contributed by atoms with Crippen molar-refractivity contribution in [2.24, 2.45) is 11.1 Å². The van der Waals surface area contributed by atoms with Crippen LogP contribution in [0.1, 0.15) is 23.2 Å². The number of carbonyl (C=O) groups is 1. The minimum atomic E-state index is -3.81. The summed E-state index contributed by atoms with van der Waals surface area (Å²) in [5.41, 5.74) is 5.01. The van der Waals surface area contributed by atoms with Gasteiger partial charge in [-0.2, -0.15) is 0 Å². The van der Waals surface area contributed by atoms with Crippen molar-refractivity contribution < 1.29 is 17.9 Å². The van der Waals surface area contributed by atoms with E-state index in [2.05, 4.69) is 10.0 Å². The zero-order valence-corrected chi connectivity index (χ0v) is 16.3. The topological polar surface area (TPSA) is 111 Å². The second-order valence-electron chi connectivity index (χ2n) is 6.05. The number of primary amides is 1. The van der Waals surface area contributed by atoms with E-state index in [9.17, 15) is 13.2 Å². The van der Waals surface area contributed by atoms with Crippen molar-refractivity contribution in [3.8, 4) is 0 Å². The molecule has 1 aromatic rings. The largest absolute Gasteiger partial charge is 0.384 e. The van der Waals surface area contributed by atoms with E-state index < -0.39 is 15.9 Å². The van der Waals surface area contributed by atoms with Gasteiger partial charge in [0.25, 0.3) is 0 Å². The zero-order valence-electron chi connectivity index (χ0n) is 13.9. The molecule has 1 amide bonds. The molecule has 10 heteroatoms. The minimum absolute atomic E-state index is 0. The van der Waals surface area contributed by atoms with Gasteiger partial charge in [0.15, 0.2) is 0 Å². The lowest BCUT2D eigenvalue weighted by atomic mass is 9.80. The minimum Gasteiger partial charge on any atom is -0.384 e. The number of hydrogen-bond donors (Lipinski definition) is 3. The molecule has 1 aliphatic heterocycles. The van der Waals surface area contributed by atoms with Crippen LogP contribution < -0.4 is 15.8 Å². The second kappa shape index (κ2) is 9.16. The number of amides is 1. The Labute approximate surface area is 159 Å². The third-order valence-corrected chi connectivity index (χ3v) is 5.82. The van der Waals surface area contributed by atoms with Gasteiger partial charge in [0.1, 0.15) is 0 Å². The Morgan fingerprint density at radius 1 is 1.36 bits per heavy atom. The molecule has 1 heterocycles. The van der Waals surface area contributed by atoms with E-state index >= 15 is 0 Å². The van der Waals surface area contributed by atoms with Crippen molar-refractivity contribution in [2.75, 3.05) is 33.4 Å².